The fraction of sp³-hybridized carbons (Fsp3) is 0. The maximum absolute atomic E-state index is 13.0. The van der Waals surface area contributed by atoms with Crippen LogP contribution in [0.3, 0.4) is 0 Å². The highest BCUT2D eigenvalue weighted by Gasteiger charge is 2.10. The molecule has 0 heterocycles. The van der Waals surface area contributed by atoms with Crippen molar-refractivity contribution in [3.05, 3.63) is 59.4 Å². The third-order valence-electron chi connectivity index (χ3n) is 2.30. The Bertz CT molecular complexity index is 624. The van der Waals surface area contributed by atoms with Crippen LogP contribution in [0, 0.1) is 22.9 Å². The Morgan fingerprint density at radius 1 is 0.947 bits per heavy atom. The molecular weight excluding hydrogens is 257 g/mol. The van der Waals surface area contributed by atoms with E-state index >= 15 is 0 Å². The zero-order valence-electron chi connectivity index (χ0n) is 9.58. The number of nitrogens with two attached hydrogens (primary N) is 1. The number of benzene rings is 2. The number of halogens is 3. The van der Waals surface area contributed by atoms with Crippen molar-refractivity contribution in [3.63, 3.8) is 0 Å². The third-order valence-corrected chi connectivity index (χ3v) is 2.30. The van der Waals surface area contributed by atoms with Gasteiger partial charge in [-0.1, -0.05) is 0 Å². The molecule has 0 fully saturated rings. The van der Waals surface area contributed by atoms with E-state index in [0.29, 0.717) is 6.07 Å². The minimum Gasteiger partial charge on any atom is -0.456 e. The van der Waals surface area contributed by atoms with Crippen LogP contribution in [0.1, 0.15) is 5.56 Å². The van der Waals surface area contributed by atoms with E-state index in [0.717, 1.165) is 24.3 Å². The quantitative estimate of drug-likeness (QED) is 0.662. The molecule has 0 saturated carbocycles. The van der Waals surface area contributed by atoms with Gasteiger partial charge in [0, 0.05) is 18.2 Å². The van der Waals surface area contributed by atoms with Crippen molar-refractivity contribution in [3.8, 4) is 11.5 Å². The standard InChI is InChI=1S/C13H9F3N2O/c14-7-1-2-12(11(6-7)13(17)18)19-10-4-8(15)3-9(16)5-10/h1-6H,(H3,17,18). The van der Waals surface area contributed by atoms with Gasteiger partial charge in [-0.05, 0) is 18.2 Å². The Morgan fingerprint density at radius 3 is 2.16 bits per heavy atom. The molecule has 0 radical (unpaired) electrons. The number of amidine groups is 1. The highest BCUT2D eigenvalue weighted by Crippen LogP contribution is 2.27. The number of ether oxygens (including phenoxy) is 1. The average Bonchev–Trinajstić information content (AvgIpc) is 2.30. The van der Waals surface area contributed by atoms with Gasteiger partial charge >= 0.3 is 0 Å². The van der Waals surface area contributed by atoms with Crippen molar-refractivity contribution in [1.82, 2.24) is 0 Å². The fourth-order valence-corrected chi connectivity index (χ4v) is 1.52. The van der Waals surface area contributed by atoms with Gasteiger partial charge in [-0.15, -0.1) is 0 Å². The molecule has 0 spiro atoms. The molecule has 6 heteroatoms. The first-order valence-corrected chi connectivity index (χ1v) is 5.23. The molecule has 0 aliphatic carbocycles. The average molecular weight is 266 g/mol. The van der Waals surface area contributed by atoms with Gasteiger partial charge in [0.2, 0.25) is 0 Å². The Balaban J connectivity index is 2.40. The van der Waals surface area contributed by atoms with Gasteiger partial charge in [0.05, 0.1) is 5.56 Å². The van der Waals surface area contributed by atoms with Crippen LogP contribution < -0.4 is 10.5 Å². The molecule has 0 atom stereocenters. The van der Waals surface area contributed by atoms with E-state index in [4.69, 9.17) is 15.9 Å². The van der Waals surface area contributed by atoms with Crippen molar-refractivity contribution < 1.29 is 17.9 Å². The third kappa shape index (κ3) is 3.04. The SMILES string of the molecule is N=C(N)c1cc(F)ccc1Oc1cc(F)cc(F)c1. The van der Waals surface area contributed by atoms with E-state index in [1.54, 1.807) is 0 Å². The maximum atomic E-state index is 13.0. The van der Waals surface area contributed by atoms with Gasteiger partial charge in [0.25, 0.3) is 0 Å². The second-order valence-corrected chi connectivity index (χ2v) is 3.76. The van der Waals surface area contributed by atoms with E-state index in [1.165, 1.54) is 6.07 Å². The second-order valence-electron chi connectivity index (χ2n) is 3.76. The number of hydrogen-bond acceptors (Lipinski definition) is 2. The summed E-state index contributed by atoms with van der Waals surface area (Å²) in [6, 6.07) is 5.97. The van der Waals surface area contributed by atoms with Crippen LogP contribution in [0.2, 0.25) is 0 Å². The van der Waals surface area contributed by atoms with E-state index < -0.39 is 23.3 Å². The van der Waals surface area contributed by atoms with Gasteiger partial charge in [-0.25, -0.2) is 13.2 Å². The number of rotatable bonds is 3. The van der Waals surface area contributed by atoms with Crippen LogP contribution in [-0.4, -0.2) is 5.84 Å². The molecule has 3 nitrogen and oxygen atoms in total. The number of hydrogen-bond donors (Lipinski definition) is 2. The van der Waals surface area contributed by atoms with Gasteiger partial charge in [0.15, 0.2) is 0 Å². The first kappa shape index (κ1) is 12.9. The highest BCUT2D eigenvalue weighted by molar-refractivity contribution is 5.97. The molecule has 19 heavy (non-hydrogen) atoms. The Labute approximate surface area is 106 Å². The lowest BCUT2D eigenvalue weighted by Gasteiger charge is -2.10. The summed E-state index contributed by atoms with van der Waals surface area (Å²) in [4.78, 5) is 0. The smallest absolute Gasteiger partial charge is 0.138 e. The highest BCUT2D eigenvalue weighted by atomic mass is 19.1. The molecule has 98 valence electrons. The van der Waals surface area contributed by atoms with Crippen LogP contribution in [0.15, 0.2) is 36.4 Å². The monoisotopic (exact) mass is 266 g/mol. The molecular formula is C13H9F3N2O. The Hall–Kier alpha value is -2.50. The molecule has 0 bridgehead atoms. The van der Waals surface area contributed by atoms with E-state index in [2.05, 4.69) is 0 Å². The minimum absolute atomic E-state index is 0.00432. The van der Waals surface area contributed by atoms with Gasteiger partial charge in [-0.3, -0.25) is 5.41 Å². The molecule has 2 rings (SSSR count). The first-order valence-electron chi connectivity index (χ1n) is 5.23. The molecule has 0 unspecified atom stereocenters. The predicted octanol–water partition coefficient (Wildman–Crippen LogP) is 3.18. The number of nitrogens with one attached hydrogen (secondary N) is 1. The summed E-state index contributed by atoms with van der Waals surface area (Å²) >= 11 is 0. The summed E-state index contributed by atoms with van der Waals surface area (Å²) in [7, 11) is 0. The predicted molar refractivity (Wildman–Crippen MR) is 63.8 cm³/mol. The topological polar surface area (TPSA) is 59.1 Å². The zero-order valence-corrected chi connectivity index (χ0v) is 9.58. The molecule has 0 saturated heterocycles. The lowest BCUT2D eigenvalue weighted by molar-refractivity contribution is 0.465. The molecule has 2 aromatic rings. The summed E-state index contributed by atoms with van der Waals surface area (Å²) in [6.07, 6.45) is 0. The van der Waals surface area contributed by atoms with E-state index in [1.807, 2.05) is 0 Å². The van der Waals surface area contributed by atoms with E-state index in [-0.39, 0.29) is 17.1 Å². The first-order chi connectivity index (χ1) is 8.95. The maximum Gasteiger partial charge on any atom is 0.138 e. The van der Waals surface area contributed by atoms with Crippen molar-refractivity contribution >= 4 is 5.84 Å². The van der Waals surface area contributed by atoms with Crippen molar-refractivity contribution in [2.24, 2.45) is 5.73 Å². The Morgan fingerprint density at radius 2 is 1.58 bits per heavy atom. The molecule has 0 aromatic heterocycles. The summed E-state index contributed by atoms with van der Waals surface area (Å²) in [5, 5.41) is 7.31. The molecule has 0 aliphatic rings. The van der Waals surface area contributed by atoms with Gasteiger partial charge < -0.3 is 10.5 Å². The van der Waals surface area contributed by atoms with Crippen LogP contribution in [0.25, 0.3) is 0 Å². The fourth-order valence-electron chi connectivity index (χ4n) is 1.52. The summed E-state index contributed by atoms with van der Waals surface area (Å²) in [5.41, 5.74) is 5.29. The molecule has 2 aromatic carbocycles. The van der Waals surface area contributed by atoms with Crippen molar-refractivity contribution in [2.45, 2.75) is 0 Å². The van der Waals surface area contributed by atoms with Crippen LogP contribution in [0.5, 0.6) is 11.5 Å². The molecule has 0 aliphatic heterocycles. The normalized spacial score (nSPS) is 10.3. The van der Waals surface area contributed by atoms with Crippen molar-refractivity contribution in [2.75, 3.05) is 0 Å². The molecule has 0 amide bonds. The minimum atomic E-state index is -0.804. The van der Waals surface area contributed by atoms with Crippen LogP contribution in [0.4, 0.5) is 13.2 Å². The summed E-state index contributed by atoms with van der Waals surface area (Å²) in [5.74, 6) is -2.68. The lowest BCUT2D eigenvalue weighted by atomic mass is 10.2. The van der Waals surface area contributed by atoms with Crippen LogP contribution in [-0.2, 0) is 0 Å². The largest absolute Gasteiger partial charge is 0.456 e. The van der Waals surface area contributed by atoms with E-state index in [9.17, 15) is 13.2 Å². The number of nitrogen functional groups attached to an aromatic ring is 1. The van der Waals surface area contributed by atoms with Gasteiger partial charge in [0.1, 0.15) is 34.8 Å². The second kappa shape index (κ2) is 5.01. The van der Waals surface area contributed by atoms with Crippen molar-refractivity contribution in [1.29, 1.82) is 5.41 Å². The summed E-state index contributed by atoms with van der Waals surface area (Å²) < 4.78 is 44.3. The zero-order chi connectivity index (χ0) is 14.0. The molecule has 3 N–H and O–H groups in total. The Kier molecular flexibility index (Phi) is 3.41. The van der Waals surface area contributed by atoms with Crippen LogP contribution >= 0.6 is 0 Å². The summed E-state index contributed by atoms with van der Waals surface area (Å²) in [6.45, 7) is 0. The van der Waals surface area contributed by atoms with Gasteiger partial charge in [-0.2, -0.15) is 0 Å². The lowest BCUT2D eigenvalue weighted by Crippen LogP contribution is -2.12.